The fourth-order valence-electron chi connectivity index (χ4n) is 5.20. The summed E-state index contributed by atoms with van der Waals surface area (Å²) in [6, 6.07) is 31.9. The van der Waals surface area contributed by atoms with Crippen LogP contribution in [-0.4, -0.2) is 27.8 Å². The van der Waals surface area contributed by atoms with E-state index in [2.05, 4.69) is 6.58 Å². The number of anilines is 2. The van der Waals surface area contributed by atoms with Crippen LogP contribution in [0.5, 0.6) is 11.5 Å². The first-order valence-corrected chi connectivity index (χ1v) is 13.9. The minimum Gasteiger partial charge on any atom is -0.454 e. The summed E-state index contributed by atoms with van der Waals surface area (Å²) in [6.07, 6.45) is 0. The number of fused-ring (bicyclic) bond motifs is 1. The summed E-state index contributed by atoms with van der Waals surface area (Å²) in [4.78, 5) is 17.0. The molecule has 7 heteroatoms. The Bertz CT molecular complexity index is 1500. The van der Waals surface area contributed by atoms with E-state index < -0.39 is 22.9 Å². The van der Waals surface area contributed by atoms with Crippen molar-refractivity contribution in [2.24, 2.45) is 5.92 Å². The van der Waals surface area contributed by atoms with Crippen LogP contribution in [-0.2, 0) is 15.8 Å². The molecule has 1 amide bonds. The smallest absolute Gasteiger partial charge is 0.240 e. The number of benzene rings is 4. The highest BCUT2D eigenvalue weighted by atomic mass is 32.2. The van der Waals surface area contributed by atoms with Crippen molar-refractivity contribution in [1.29, 1.82) is 0 Å². The number of hydrogen-bond donors (Lipinski definition) is 0. The zero-order chi connectivity index (χ0) is 26.9. The van der Waals surface area contributed by atoms with Crippen LogP contribution in [0.1, 0.15) is 17.2 Å². The highest BCUT2D eigenvalue weighted by molar-refractivity contribution is 7.82. The molecule has 2 aliphatic heterocycles. The van der Waals surface area contributed by atoms with Crippen LogP contribution < -0.4 is 14.4 Å². The lowest BCUT2D eigenvalue weighted by Gasteiger charge is -2.31. The third-order valence-electron chi connectivity index (χ3n) is 7.11. The number of aryl methyl sites for hydroxylation is 1. The molecule has 1 fully saturated rings. The van der Waals surface area contributed by atoms with Gasteiger partial charge in [0.2, 0.25) is 12.7 Å². The molecule has 0 aliphatic carbocycles. The molecule has 196 valence electrons. The lowest BCUT2D eigenvalue weighted by Crippen LogP contribution is -2.37. The van der Waals surface area contributed by atoms with Gasteiger partial charge in [-0.15, -0.1) is 0 Å². The SMILES string of the molecule is C=C1CN([S@@](=O)c2ccc(C)cc2)[C@@H](c2ccc3c(c2)OCO3)[C@@H]1C(=O)N(c1ccccc1)c1ccccc1. The number of ether oxygens (including phenoxy) is 2. The second-order valence-corrected chi connectivity index (χ2v) is 11.1. The first-order valence-electron chi connectivity index (χ1n) is 12.8. The summed E-state index contributed by atoms with van der Waals surface area (Å²) in [5.41, 5.74) is 4.12. The molecular weight excluding hydrogens is 508 g/mol. The first kappa shape index (κ1) is 25.1. The lowest BCUT2D eigenvalue weighted by atomic mass is 9.89. The van der Waals surface area contributed by atoms with Gasteiger partial charge in [-0.05, 0) is 66.6 Å². The molecule has 2 aliphatic rings. The third kappa shape index (κ3) is 4.75. The van der Waals surface area contributed by atoms with Gasteiger partial charge in [0.1, 0.15) is 11.0 Å². The van der Waals surface area contributed by atoms with E-state index in [1.807, 2.05) is 114 Å². The number of carbonyl (C=O) groups excluding carboxylic acids is 1. The van der Waals surface area contributed by atoms with Gasteiger partial charge in [0.15, 0.2) is 11.5 Å². The van der Waals surface area contributed by atoms with Crippen LogP contribution in [0, 0.1) is 12.8 Å². The standard InChI is InChI=1S/C32H28N2O4S/c1-22-13-16-27(17-14-22)39(36)33-20-23(2)30(31(33)24-15-18-28-29(19-24)38-21-37-28)32(35)34(25-9-5-3-6-10-25)26-11-7-4-8-12-26/h3-19,30-31H,2,20-21H2,1H3/t30-,31+,39+/m1/s1. The van der Waals surface area contributed by atoms with E-state index in [4.69, 9.17) is 9.47 Å². The van der Waals surface area contributed by atoms with Crippen LogP contribution in [0.15, 0.2) is 120 Å². The van der Waals surface area contributed by atoms with E-state index in [0.29, 0.717) is 28.5 Å². The quantitative estimate of drug-likeness (QED) is 0.270. The predicted molar refractivity (Wildman–Crippen MR) is 152 cm³/mol. The molecule has 6 rings (SSSR count). The van der Waals surface area contributed by atoms with Crippen molar-refractivity contribution in [2.45, 2.75) is 17.9 Å². The Morgan fingerprint density at radius 1 is 0.872 bits per heavy atom. The molecule has 0 bridgehead atoms. The van der Waals surface area contributed by atoms with Crippen molar-refractivity contribution in [1.82, 2.24) is 4.31 Å². The molecule has 39 heavy (non-hydrogen) atoms. The molecule has 0 radical (unpaired) electrons. The maximum atomic E-state index is 14.6. The van der Waals surface area contributed by atoms with Gasteiger partial charge in [0.25, 0.3) is 0 Å². The van der Waals surface area contributed by atoms with Gasteiger partial charge in [-0.25, -0.2) is 8.51 Å². The van der Waals surface area contributed by atoms with Crippen LogP contribution >= 0.6 is 0 Å². The van der Waals surface area contributed by atoms with E-state index in [1.165, 1.54) is 0 Å². The number of rotatable bonds is 6. The highest BCUT2D eigenvalue weighted by Crippen LogP contribution is 2.46. The molecule has 6 nitrogen and oxygen atoms in total. The molecule has 0 spiro atoms. The van der Waals surface area contributed by atoms with E-state index in [0.717, 1.165) is 22.5 Å². The molecule has 3 atom stereocenters. The van der Waals surface area contributed by atoms with Crippen molar-refractivity contribution in [2.75, 3.05) is 18.2 Å². The Morgan fingerprint density at radius 3 is 2.13 bits per heavy atom. The Morgan fingerprint density at radius 2 is 1.49 bits per heavy atom. The summed E-state index contributed by atoms with van der Waals surface area (Å²) < 4.78 is 27.1. The molecule has 0 saturated carbocycles. The van der Waals surface area contributed by atoms with Crippen molar-refractivity contribution in [3.8, 4) is 11.5 Å². The molecule has 4 aromatic rings. The van der Waals surface area contributed by atoms with E-state index in [9.17, 15) is 9.00 Å². The Labute approximate surface area is 230 Å². The van der Waals surface area contributed by atoms with Gasteiger partial charge in [-0.1, -0.05) is 66.7 Å². The molecule has 4 aromatic carbocycles. The fourth-order valence-corrected chi connectivity index (χ4v) is 6.57. The average molecular weight is 537 g/mol. The van der Waals surface area contributed by atoms with Gasteiger partial charge < -0.3 is 9.47 Å². The molecule has 0 aromatic heterocycles. The molecule has 0 unspecified atom stereocenters. The van der Waals surface area contributed by atoms with Gasteiger partial charge in [0, 0.05) is 17.9 Å². The van der Waals surface area contributed by atoms with E-state index in [-0.39, 0.29) is 12.7 Å². The summed E-state index contributed by atoms with van der Waals surface area (Å²) in [6.45, 7) is 6.79. The summed E-state index contributed by atoms with van der Waals surface area (Å²) >= 11 is 0. The average Bonchev–Trinajstić information content (AvgIpc) is 3.58. The maximum absolute atomic E-state index is 14.6. The first-order chi connectivity index (χ1) is 19.0. The van der Waals surface area contributed by atoms with Gasteiger partial charge in [0.05, 0.1) is 16.9 Å². The van der Waals surface area contributed by atoms with Crippen molar-refractivity contribution in [3.63, 3.8) is 0 Å². The minimum atomic E-state index is -1.53. The van der Waals surface area contributed by atoms with Crippen molar-refractivity contribution in [3.05, 3.63) is 126 Å². The summed E-state index contributed by atoms with van der Waals surface area (Å²) in [7, 11) is -1.53. The van der Waals surface area contributed by atoms with Crippen LogP contribution in [0.2, 0.25) is 0 Å². The number of carbonyl (C=O) groups is 1. The molecular formula is C32H28N2O4S. The maximum Gasteiger partial charge on any atom is 0.240 e. The Hall–Kier alpha value is -4.20. The van der Waals surface area contributed by atoms with Gasteiger partial charge in [-0.3, -0.25) is 9.69 Å². The number of nitrogens with zero attached hydrogens (tertiary/aromatic N) is 2. The van der Waals surface area contributed by atoms with Crippen molar-refractivity contribution < 1.29 is 18.5 Å². The molecule has 0 N–H and O–H groups in total. The summed E-state index contributed by atoms with van der Waals surface area (Å²) in [5, 5.41) is 0. The predicted octanol–water partition coefficient (Wildman–Crippen LogP) is 6.34. The van der Waals surface area contributed by atoms with E-state index in [1.54, 1.807) is 4.90 Å². The van der Waals surface area contributed by atoms with Crippen LogP contribution in [0.25, 0.3) is 0 Å². The molecule has 2 heterocycles. The highest BCUT2D eigenvalue weighted by Gasteiger charge is 2.47. The van der Waals surface area contributed by atoms with Crippen LogP contribution in [0.3, 0.4) is 0 Å². The summed E-state index contributed by atoms with van der Waals surface area (Å²) in [5.74, 6) is 0.476. The lowest BCUT2D eigenvalue weighted by molar-refractivity contribution is -0.121. The fraction of sp³-hybridized carbons (Fsp3) is 0.156. The zero-order valence-electron chi connectivity index (χ0n) is 21.5. The number of para-hydroxylation sites is 2. The van der Waals surface area contributed by atoms with Crippen LogP contribution in [0.4, 0.5) is 11.4 Å². The van der Waals surface area contributed by atoms with Gasteiger partial charge in [-0.2, -0.15) is 0 Å². The third-order valence-corrected chi connectivity index (χ3v) is 8.57. The second-order valence-electron chi connectivity index (χ2n) is 9.68. The second kappa shape index (κ2) is 10.5. The molecule has 1 saturated heterocycles. The Balaban J connectivity index is 1.46. The van der Waals surface area contributed by atoms with Crippen molar-refractivity contribution >= 4 is 28.3 Å². The zero-order valence-corrected chi connectivity index (χ0v) is 22.3. The monoisotopic (exact) mass is 536 g/mol. The van der Waals surface area contributed by atoms with E-state index >= 15 is 0 Å². The normalized spacial score (nSPS) is 19.2. The number of hydrogen-bond acceptors (Lipinski definition) is 4. The topological polar surface area (TPSA) is 59.1 Å². The van der Waals surface area contributed by atoms with Gasteiger partial charge >= 0.3 is 0 Å². The number of amides is 1. The minimum absolute atomic E-state index is 0.136. The Kier molecular flexibility index (Phi) is 6.77. The largest absolute Gasteiger partial charge is 0.454 e.